The average molecular weight is 351 g/mol. The molecule has 0 saturated heterocycles. The largest absolute Gasteiger partial charge is 2.00 e. The number of nitrogens with two attached hydrogens (primary N) is 4. The normalized spacial score (nSPS) is 6.44. The van der Waals surface area contributed by atoms with Gasteiger partial charge in [-0.2, -0.15) is 0 Å². The van der Waals surface area contributed by atoms with Crippen molar-refractivity contribution in [3.63, 3.8) is 0 Å². The number of carbonyl (C=O) groups is 1. The minimum Gasteiger partial charge on any atom is -1.00 e. The van der Waals surface area contributed by atoms with Crippen LogP contribution in [0.3, 0.4) is 0 Å². The maximum absolute atomic E-state index is 9.12. The third-order valence-electron chi connectivity index (χ3n) is 0.940. The average Bonchev–Trinajstić information content (AvgIpc) is 2.22. The second kappa shape index (κ2) is 43.5. The van der Waals surface area contributed by atoms with Gasteiger partial charge in [-0.25, -0.2) is 4.79 Å². The number of nitrogens with one attached hydrogen (secondary N) is 1. The summed E-state index contributed by atoms with van der Waals surface area (Å²) in [5.74, 6) is -1.20. The molecule has 0 aliphatic rings. The van der Waals surface area contributed by atoms with Crippen LogP contribution in [0.15, 0.2) is 0 Å². The molecule has 0 aromatic rings. The Labute approximate surface area is 131 Å². The molecule has 0 aliphatic carbocycles. The Kier molecular flexibility index (Phi) is 87.3. The number of carboxylic acids is 1. The van der Waals surface area contributed by atoms with E-state index < -0.39 is 5.97 Å². The summed E-state index contributed by atoms with van der Waals surface area (Å²) in [6.45, 7) is 2.88. The fourth-order valence-electron chi connectivity index (χ4n) is 0.236. The first kappa shape index (κ1) is 36.1. The standard InChI is InChI=1S/2C3H10N2.C2H3NO2.2ClH.Co/c2*4-2-1-3-5;3-1-2(4)5;;;/h2*1-5H2;1,3H,(H,4,5);2*1H;/q;;;;;+2/p-2. The Morgan fingerprint density at radius 2 is 1.11 bits per heavy atom. The van der Waals surface area contributed by atoms with E-state index in [4.69, 9.17) is 38.2 Å². The van der Waals surface area contributed by atoms with Gasteiger partial charge in [-0.1, -0.05) is 0 Å². The Morgan fingerprint density at radius 3 is 1.11 bits per heavy atom. The van der Waals surface area contributed by atoms with E-state index in [1.165, 1.54) is 0 Å². The molecule has 0 rings (SSSR count). The van der Waals surface area contributed by atoms with E-state index in [1.807, 2.05) is 0 Å². The maximum Gasteiger partial charge on any atom is 2.00 e. The number of hydrogen-bond donors (Lipinski definition) is 6. The van der Waals surface area contributed by atoms with Crippen LogP contribution in [-0.2, 0) is 21.6 Å². The van der Waals surface area contributed by atoms with Crippen molar-refractivity contribution in [3.05, 3.63) is 0 Å². The zero-order valence-electron chi connectivity index (χ0n) is 10.1. The van der Waals surface area contributed by atoms with Crippen LogP contribution in [0.5, 0.6) is 0 Å². The van der Waals surface area contributed by atoms with Crippen LogP contribution in [-0.4, -0.2) is 43.5 Å². The summed E-state index contributed by atoms with van der Waals surface area (Å²) in [5.41, 5.74) is 20.2. The quantitative estimate of drug-likeness (QED) is 0.269. The van der Waals surface area contributed by atoms with Gasteiger partial charge in [0.2, 0.25) is 0 Å². The summed E-state index contributed by atoms with van der Waals surface area (Å²) in [4.78, 5) is 9.12. The maximum atomic E-state index is 9.12. The molecule has 1 radical (unpaired) electrons. The van der Waals surface area contributed by atoms with Crippen LogP contribution in [0.25, 0.3) is 0 Å². The Hall–Kier alpha value is 0.0665. The molecule has 0 bridgehead atoms. The summed E-state index contributed by atoms with van der Waals surface area (Å²) in [5, 5.41) is 13.4. The zero-order chi connectivity index (χ0) is 12.5. The van der Waals surface area contributed by atoms with E-state index in [1.54, 1.807) is 0 Å². The van der Waals surface area contributed by atoms with E-state index in [2.05, 4.69) is 0 Å². The molecule has 7 nitrogen and oxygen atoms in total. The van der Waals surface area contributed by atoms with Gasteiger partial charge in [-0.3, -0.25) is 0 Å². The molecule has 0 spiro atoms. The Balaban J connectivity index is -0.0000000277. The van der Waals surface area contributed by atoms with E-state index in [-0.39, 0.29) is 41.6 Å². The fourth-order valence-corrected chi connectivity index (χ4v) is 0.236. The van der Waals surface area contributed by atoms with Gasteiger partial charge in [0.1, 0.15) is 6.21 Å². The summed E-state index contributed by atoms with van der Waals surface area (Å²) >= 11 is 0. The van der Waals surface area contributed by atoms with E-state index in [0.717, 1.165) is 39.0 Å². The smallest absolute Gasteiger partial charge is 1.00 e. The molecule has 18 heavy (non-hydrogen) atoms. The predicted octanol–water partition coefficient (Wildman–Crippen LogP) is -7.69. The zero-order valence-corrected chi connectivity index (χ0v) is 12.6. The summed E-state index contributed by atoms with van der Waals surface area (Å²) in [6.07, 6.45) is 2.22. The van der Waals surface area contributed by atoms with Gasteiger partial charge in [-0.15, -0.1) is 0 Å². The minimum atomic E-state index is -1.20. The van der Waals surface area contributed by atoms with Crippen molar-refractivity contribution in [3.8, 4) is 0 Å². The molecule has 0 aliphatic heterocycles. The molecular formula is C8H23Cl2CoN5O2. The van der Waals surface area contributed by atoms with E-state index >= 15 is 0 Å². The molecule has 0 aromatic heterocycles. The first-order chi connectivity index (χ1) is 7.10. The second-order valence-electron chi connectivity index (χ2n) is 2.34. The minimum absolute atomic E-state index is 0. The number of rotatable bonds is 5. The molecule has 0 amide bonds. The summed E-state index contributed by atoms with van der Waals surface area (Å²) < 4.78 is 0. The van der Waals surface area contributed by atoms with Gasteiger partial charge in [0.25, 0.3) is 0 Å². The number of carboxylic acid groups (broad SMARTS) is 1. The van der Waals surface area contributed by atoms with Crippen molar-refractivity contribution < 1.29 is 51.5 Å². The molecule has 0 fully saturated rings. The molecule has 0 atom stereocenters. The summed E-state index contributed by atoms with van der Waals surface area (Å²) in [7, 11) is 0. The fraction of sp³-hybridized carbons (Fsp3) is 0.750. The predicted molar refractivity (Wildman–Crippen MR) is 61.9 cm³/mol. The van der Waals surface area contributed by atoms with Gasteiger partial charge < -0.3 is 58.3 Å². The van der Waals surface area contributed by atoms with E-state index in [9.17, 15) is 0 Å². The molecule has 115 valence electrons. The van der Waals surface area contributed by atoms with Crippen LogP contribution in [0.2, 0.25) is 0 Å². The first-order valence-electron chi connectivity index (χ1n) is 4.64. The van der Waals surface area contributed by atoms with Gasteiger partial charge in [0, 0.05) is 0 Å². The van der Waals surface area contributed by atoms with Crippen molar-refractivity contribution in [1.29, 1.82) is 5.41 Å². The topological polar surface area (TPSA) is 165 Å². The second-order valence-corrected chi connectivity index (χ2v) is 2.34. The third-order valence-corrected chi connectivity index (χ3v) is 0.940. The SMILES string of the molecule is N=CC(=O)O.NCCCN.NCCCN.[Cl-].[Cl-].[Co+2]. The molecule has 0 saturated carbocycles. The molecular weight excluding hydrogens is 328 g/mol. The number of hydrogen-bond acceptors (Lipinski definition) is 6. The third kappa shape index (κ3) is 99.1. The number of aliphatic carboxylic acids is 1. The van der Waals surface area contributed by atoms with Crippen molar-refractivity contribution >= 4 is 12.2 Å². The molecule has 0 aromatic carbocycles. The van der Waals surface area contributed by atoms with Crippen molar-refractivity contribution in [1.82, 2.24) is 0 Å². The molecule has 0 heterocycles. The van der Waals surface area contributed by atoms with Crippen LogP contribution >= 0.6 is 0 Å². The van der Waals surface area contributed by atoms with Gasteiger partial charge in [-0.05, 0) is 39.0 Å². The van der Waals surface area contributed by atoms with Crippen molar-refractivity contribution in [2.24, 2.45) is 22.9 Å². The van der Waals surface area contributed by atoms with Crippen LogP contribution in [0, 0.1) is 5.41 Å². The number of halogens is 2. The van der Waals surface area contributed by atoms with Gasteiger partial charge in [0.15, 0.2) is 0 Å². The first-order valence-corrected chi connectivity index (χ1v) is 4.64. The van der Waals surface area contributed by atoms with Crippen LogP contribution in [0.1, 0.15) is 12.8 Å². The molecule has 10 N–H and O–H groups in total. The molecule has 0 unspecified atom stereocenters. The van der Waals surface area contributed by atoms with Gasteiger partial charge in [0.05, 0.1) is 0 Å². The van der Waals surface area contributed by atoms with Crippen LogP contribution in [0.4, 0.5) is 0 Å². The van der Waals surface area contributed by atoms with Crippen LogP contribution < -0.4 is 47.7 Å². The van der Waals surface area contributed by atoms with Gasteiger partial charge >= 0.3 is 22.7 Å². The van der Waals surface area contributed by atoms with Crippen molar-refractivity contribution in [2.45, 2.75) is 12.8 Å². The van der Waals surface area contributed by atoms with E-state index in [0.29, 0.717) is 6.21 Å². The van der Waals surface area contributed by atoms with Crippen molar-refractivity contribution in [2.75, 3.05) is 26.2 Å². The summed E-state index contributed by atoms with van der Waals surface area (Å²) in [6, 6.07) is 0. The Bertz CT molecular complexity index is 137. The monoisotopic (exact) mass is 350 g/mol. The Morgan fingerprint density at radius 1 is 0.944 bits per heavy atom. The molecule has 10 heteroatoms.